The van der Waals surface area contributed by atoms with E-state index >= 15 is 0 Å². The highest BCUT2D eigenvalue weighted by atomic mass is 16.5. The molecule has 1 fully saturated rings. The third-order valence-electron chi connectivity index (χ3n) is 3.04. The summed E-state index contributed by atoms with van der Waals surface area (Å²) in [6.07, 6.45) is 1.93. The van der Waals surface area contributed by atoms with Crippen molar-refractivity contribution < 1.29 is 19.2 Å². The molecular weight excluding hydrogens is 224 g/mol. The summed E-state index contributed by atoms with van der Waals surface area (Å²) >= 11 is 0. The molecule has 1 aromatic heterocycles. The van der Waals surface area contributed by atoms with Gasteiger partial charge in [0.2, 0.25) is 11.8 Å². The van der Waals surface area contributed by atoms with Crippen LogP contribution in [0.15, 0.2) is 10.6 Å². The minimum atomic E-state index is -0.906. The molecule has 92 valence electrons. The molecule has 6 nitrogen and oxygen atoms in total. The van der Waals surface area contributed by atoms with Crippen molar-refractivity contribution in [3.8, 4) is 0 Å². The van der Waals surface area contributed by atoms with Crippen molar-refractivity contribution in [2.45, 2.75) is 26.2 Å². The lowest BCUT2D eigenvalue weighted by molar-refractivity contribution is -0.145. The fourth-order valence-corrected chi connectivity index (χ4v) is 2.21. The third-order valence-corrected chi connectivity index (χ3v) is 3.04. The molecule has 0 radical (unpaired) electrons. The number of rotatable bonds is 3. The van der Waals surface area contributed by atoms with Crippen LogP contribution in [0.25, 0.3) is 0 Å². The maximum Gasteiger partial charge on any atom is 0.307 e. The topological polar surface area (TPSA) is 92.4 Å². The molecule has 2 unspecified atom stereocenters. The molecule has 1 aliphatic rings. The van der Waals surface area contributed by atoms with Crippen molar-refractivity contribution in [3.05, 3.63) is 11.8 Å². The third kappa shape index (κ3) is 2.46. The monoisotopic (exact) mass is 238 g/mol. The molecule has 0 saturated heterocycles. The maximum absolute atomic E-state index is 11.9. The summed E-state index contributed by atoms with van der Waals surface area (Å²) in [5, 5.41) is 15.2. The maximum atomic E-state index is 11.9. The summed E-state index contributed by atoms with van der Waals surface area (Å²) in [5.74, 6) is -2.00. The zero-order valence-corrected chi connectivity index (χ0v) is 9.47. The standard InChI is InChI=1S/C11H14N2O4/c1-6-5-9(17-13-6)12-10(14)7-3-2-4-8(7)11(15)16/h5,7-8H,2-4H2,1H3,(H,12,14)(H,15,16). The van der Waals surface area contributed by atoms with E-state index in [4.69, 9.17) is 9.63 Å². The Hall–Kier alpha value is -1.85. The number of carboxylic acids is 1. The van der Waals surface area contributed by atoms with Crippen LogP contribution in [0.4, 0.5) is 5.88 Å². The van der Waals surface area contributed by atoms with Gasteiger partial charge >= 0.3 is 5.97 Å². The molecule has 0 aromatic carbocycles. The first-order valence-corrected chi connectivity index (χ1v) is 5.55. The van der Waals surface area contributed by atoms with Gasteiger partial charge in [0.1, 0.15) is 0 Å². The SMILES string of the molecule is Cc1cc(NC(=O)C2CCCC2C(=O)O)on1. The molecule has 2 N–H and O–H groups in total. The van der Waals surface area contributed by atoms with E-state index in [1.165, 1.54) is 0 Å². The Labute approximate surface area is 98.0 Å². The van der Waals surface area contributed by atoms with Crippen LogP contribution < -0.4 is 5.32 Å². The van der Waals surface area contributed by atoms with E-state index in [1.807, 2.05) is 0 Å². The van der Waals surface area contributed by atoms with E-state index in [-0.39, 0.29) is 11.8 Å². The van der Waals surface area contributed by atoms with Crippen LogP contribution in [0.5, 0.6) is 0 Å². The van der Waals surface area contributed by atoms with E-state index in [1.54, 1.807) is 13.0 Å². The summed E-state index contributed by atoms with van der Waals surface area (Å²) in [4.78, 5) is 22.8. The predicted molar refractivity (Wildman–Crippen MR) is 58.3 cm³/mol. The molecule has 1 saturated carbocycles. The van der Waals surface area contributed by atoms with Crippen molar-refractivity contribution in [2.24, 2.45) is 11.8 Å². The second-order valence-corrected chi connectivity index (χ2v) is 4.30. The number of hydrogen-bond acceptors (Lipinski definition) is 4. The molecule has 0 aliphatic heterocycles. The van der Waals surface area contributed by atoms with Gasteiger partial charge in [0, 0.05) is 6.07 Å². The second-order valence-electron chi connectivity index (χ2n) is 4.30. The summed E-state index contributed by atoms with van der Waals surface area (Å²) < 4.78 is 4.86. The highest BCUT2D eigenvalue weighted by Gasteiger charge is 2.37. The second kappa shape index (κ2) is 4.57. The van der Waals surface area contributed by atoms with Gasteiger partial charge in [0.05, 0.1) is 17.5 Å². The molecular formula is C11H14N2O4. The number of aliphatic carboxylic acids is 1. The molecule has 1 aliphatic carbocycles. The van der Waals surface area contributed by atoms with Gasteiger partial charge in [0.25, 0.3) is 0 Å². The van der Waals surface area contributed by atoms with Crippen LogP contribution >= 0.6 is 0 Å². The Balaban J connectivity index is 2.02. The average molecular weight is 238 g/mol. The van der Waals surface area contributed by atoms with E-state index in [0.717, 1.165) is 6.42 Å². The lowest BCUT2D eigenvalue weighted by atomic mass is 9.95. The van der Waals surface area contributed by atoms with Crippen molar-refractivity contribution in [1.29, 1.82) is 0 Å². The average Bonchev–Trinajstić information content (AvgIpc) is 2.86. The number of carbonyl (C=O) groups excluding carboxylic acids is 1. The summed E-state index contributed by atoms with van der Waals surface area (Å²) in [6, 6.07) is 1.60. The van der Waals surface area contributed by atoms with Crippen molar-refractivity contribution in [1.82, 2.24) is 5.16 Å². The normalized spacial score (nSPS) is 23.6. The predicted octanol–water partition coefficient (Wildman–Crippen LogP) is 1.42. The van der Waals surface area contributed by atoms with E-state index < -0.39 is 17.8 Å². The number of carboxylic acid groups (broad SMARTS) is 1. The number of aryl methyl sites for hydroxylation is 1. The zero-order chi connectivity index (χ0) is 12.4. The van der Waals surface area contributed by atoms with Crippen LogP contribution in [-0.2, 0) is 9.59 Å². The zero-order valence-electron chi connectivity index (χ0n) is 9.47. The van der Waals surface area contributed by atoms with Crippen molar-refractivity contribution in [3.63, 3.8) is 0 Å². The van der Waals surface area contributed by atoms with Crippen LogP contribution in [0.3, 0.4) is 0 Å². The van der Waals surface area contributed by atoms with E-state index in [9.17, 15) is 9.59 Å². The molecule has 2 atom stereocenters. The minimum Gasteiger partial charge on any atom is -0.481 e. The Morgan fingerprint density at radius 1 is 1.47 bits per heavy atom. The first kappa shape index (κ1) is 11.6. The van der Waals surface area contributed by atoms with Crippen molar-refractivity contribution in [2.75, 3.05) is 5.32 Å². The van der Waals surface area contributed by atoms with E-state index in [0.29, 0.717) is 18.5 Å². The summed E-state index contributed by atoms with van der Waals surface area (Å²) in [6.45, 7) is 1.74. The number of hydrogen-bond donors (Lipinski definition) is 2. The number of amides is 1. The number of nitrogens with zero attached hydrogens (tertiary/aromatic N) is 1. The number of anilines is 1. The van der Waals surface area contributed by atoms with Gasteiger partial charge in [-0.1, -0.05) is 11.6 Å². The number of aromatic nitrogens is 1. The fourth-order valence-electron chi connectivity index (χ4n) is 2.21. The Morgan fingerprint density at radius 2 is 2.18 bits per heavy atom. The number of carbonyl (C=O) groups is 2. The first-order chi connectivity index (χ1) is 8.08. The van der Waals surface area contributed by atoms with Crippen molar-refractivity contribution >= 4 is 17.8 Å². The highest BCUT2D eigenvalue weighted by Crippen LogP contribution is 2.32. The molecule has 17 heavy (non-hydrogen) atoms. The largest absolute Gasteiger partial charge is 0.481 e. The quantitative estimate of drug-likeness (QED) is 0.830. The summed E-state index contributed by atoms with van der Waals surface area (Å²) in [7, 11) is 0. The molecule has 1 amide bonds. The molecule has 6 heteroatoms. The fraction of sp³-hybridized carbons (Fsp3) is 0.545. The van der Waals surface area contributed by atoms with Gasteiger partial charge in [-0.2, -0.15) is 0 Å². The van der Waals surface area contributed by atoms with Gasteiger partial charge in [0.15, 0.2) is 0 Å². The number of nitrogens with one attached hydrogen (secondary N) is 1. The molecule has 2 rings (SSSR count). The van der Waals surface area contributed by atoms with Crippen LogP contribution in [0.1, 0.15) is 25.0 Å². The lowest BCUT2D eigenvalue weighted by Gasteiger charge is -2.13. The first-order valence-electron chi connectivity index (χ1n) is 5.55. The van der Waals surface area contributed by atoms with E-state index in [2.05, 4.69) is 10.5 Å². The molecule has 1 heterocycles. The minimum absolute atomic E-state index is 0.267. The van der Waals surface area contributed by atoms with Gasteiger partial charge in [-0.25, -0.2) is 0 Å². The Morgan fingerprint density at radius 3 is 2.76 bits per heavy atom. The van der Waals surface area contributed by atoms with Crippen LogP contribution in [0, 0.1) is 18.8 Å². The van der Waals surface area contributed by atoms with Gasteiger partial charge < -0.3 is 9.63 Å². The van der Waals surface area contributed by atoms with Gasteiger partial charge in [-0.3, -0.25) is 14.9 Å². The molecule has 0 bridgehead atoms. The smallest absolute Gasteiger partial charge is 0.307 e. The molecule has 0 spiro atoms. The highest BCUT2D eigenvalue weighted by molar-refractivity contribution is 5.94. The Bertz CT molecular complexity index is 440. The molecule has 1 aromatic rings. The summed E-state index contributed by atoms with van der Waals surface area (Å²) in [5.41, 5.74) is 0.668. The van der Waals surface area contributed by atoms with Crippen LogP contribution in [0.2, 0.25) is 0 Å². The van der Waals surface area contributed by atoms with Crippen LogP contribution in [-0.4, -0.2) is 22.1 Å². The van der Waals surface area contributed by atoms with Gasteiger partial charge in [-0.15, -0.1) is 0 Å². The Kier molecular flexibility index (Phi) is 3.12. The van der Waals surface area contributed by atoms with Gasteiger partial charge in [-0.05, 0) is 19.8 Å². The lowest BCUT2D eigenvalue weighted by Crippen LogP contribution is -2.29.